The highest BCUT2D eigenvalue weighted by molar-refractivity contribution is 7.89. The molecule has 0 aliphatic carbocycles. The van der Waals surface area contributed by atoms with Gasteiger partial charge < -0.3 is 0 Å². The van der Waals surface area contributed by atoms with Crippen molar-refractivity contribution in [3.8, 4) is 0 Å². The van der Waals surface area contributed by atoms with Crippen LogP contribution in [0.25, 0.3) is 0 Å². The molecule has 0 aromatic heterocycles. The minimum Gasteiger partial charge on any atom is -0.207 e. The van der Waals surface area contributed by atoms with E-state index in [-0.39, 0.29) is 4.90 Å². The number of hydrogen-bond donors (Lipinski definition) is 0. The van der Waals surface area contributed by atoms with Crippen molar-refractivity contribution in [3.63, 3.8) is 0 Å². The van der Waals surface area contributed by atoms with Gasteiger partial charge in [-0.2, -0.15) is 4.31 Å². The Labute approximate surface area is 108 Å². The van der Waals surface area contributed by atoms with E-state index in [1.165, 1.54) is 22.5 Å². The van der Waals surface area contributed by atoms with Gasteiger partial charge in [0.05, 0.1) is 4.90 Å². The molecular weight excluding hydrogens is 253 g/mol. The maximum Gasteiger partial charge on any atom is 0.243 e. The SMILES string of the molecule is Cc1cc(F)ccc1S(=O)(=O)N1CCC(C)CC1. The second kappa shape index (κ2) is 4.97. The zero-order valence-electron chi connectivity index (χ0n) is 10.7. The fourth-order valence-corrected chi connectivity index (χ4v) is 3.94. The van der Waals surface area contributed by atoms with Crippen molar-refractivity contribution >= 4 is 10.0 Å². The zero-order chi connectivity index (χ0) is 13.3. The molecule has 0 unspecified atom stereocenters. The van der Waals surface area contributed by atoms with E-state index in [0.29, 0.717) is 24.6 Å². The Morgan fingerprint density at radius 3 is 2.44 bits per heavy atom. The van der Waals surface area contributed by atoms with Gasteiger partial charge in [-0.1, -0.05) is 6.92 Å². The maximum absolute atomic E-state index is 13.0. The molecule has 1 heterocycles. The van der Waals surface area contributed by atoms with E-state index in [1.54, 1.807) is 6.92 Å². The Morgan fingerprint density at radius 2 is 1.89 bits per heavy atom. The molecule has 0 spiro atoms. The summed E-state index contributed by atoms with van der Waals surface area (Å²) in [6.07, 6.45) is 1.78. The Bertz CT molecular complexity index is 534. The van der Waals surface area contributed by atoms with Gasteiger partial charge in [0.1, 0.15) is 5.82 Å². The van der Waals surface area contributed by atoms with Gasteiger partial charge in [-0.15, -0.1) is 0 Å². The Kier molecular flexibility index (Phi) is 3.73. The molecule has 3 nitrogen and oxygen atoms in total. The van der Waals surface area contributed by atoms with Gasteiger partial charge in [0.2, 0.25) is 10.0 Å². The minimum atomic E-state index is -3.47. The smallest absolute Gasteiger partial charge is 0.207 e. The lowest BCUT2D eigenvalue weighted by Gasteiger charge is -2.29. The highest BCUT2D eigenvalue weighted by atomic mass is 32.2. The molecule has 0 N–H and O–H groups in total. The Hall–Kier alpha value is -0.940. The standard InChI is InChI=1S/C13H18FNO2S/c1-10-5-7-15(8-6-10)18(16,17)13-4-3-12(14)9-11(13)2/h3-4,9-10H,5-8H2,1-2H3. The van der Waals surface area contributed by atoms with Gasteiger partial charge in [-0.05, 0) is 49.4 Å². The van der Waals surface area contributed by atoms with Crippen LogP contribution in [0.1, 0.15) is 25.3 Å². The maximum atomic E-state index is 13.0. The fraction of sp³-hybridized carbons (Fsp3) is 0.538. The summed E-state index contributed by atoms with van der Waals surface area (Å²) in [6, 6.07) is 3.82. The second-order valence-electron chi connectivity index (χ2n) is 5.00. The molecule has 0 radical (unpaired) electrons. The van der Waals surface area contributed by atoms with Crippen LogP contribution in [0.5, 0.6) is 0 Å². The van der Waals surface area contributed by atoms with Crippen LogP contribution in [-0.2, 0) is 10.0 Å². The normalized spacial score (nSPS) is 19.1. The molecule has 1 aromatic rings. The van der Waals surface area contributed by atoms with Gasteiger partial charge in [0.15, 0.2) is 0 Å². The first-order valence-corrected chi connectivity index (χ1v) is 7.61. The number of benzene rings is 1. The van der Waals surface area contributed by atoms with E-state index >= 15 is 0 Å². The molecule has 0 atom stereocenters. The summed E-state index contributed by atoms with van der Waals surface area (Å²) in [6.45, 7) is 4.87. The number of nitrogens with zero attached hydrogens (tertiary/aromatic N) is 1. The number of rotatable bonds is 2. The fourth-order valence-electron chi connectivity index (χ4n) is 2.27. The zero-order valence-corrected chi connectivity index (χ0v) is 11.5. The van der Waals surface area contributed by atoms with Gasteiger partial charge in [-0.3, -0.25) is 0 Å². The molecule has 1 aliphatic rings. The van der Waals surface area contributed by atoms with Gasteiger partial charge >= 0.3 is 0 Å². The molecule has 100 valence electrons. The number of piperidine rings is 1. The van der Waals surface area contributed by atoms with Crippen molar-refractivity contribution in [2.75, 3.05) is 13.1 Å². The van der Waals surface area contributed by atoms with Crippen molar-refractivity contribution in [1.29, 1.82) is 0 Å². The predicted octanol–water partition coefficient (Wildman–Crippen LogP) is 2.55. The average Bonchev–Trinajstić information content (AvgIpc) is 2.29. The summed E-state index contributed by atoms with van der Waals surface area (Å²) >= 11 is 0. The van der Waals surface area contributed by atoms with Crippen LogP contribution in [0.15, 0.2) is 23.1 Å². The number of aryl methyl sites for hydroxylation is 1. The highest BCUT2D eigenvalue weighted by Crippen LogP contribution is 2.25. The summed E-state index contributed by atoms with van der Waals surface area (Å²) in [5, 5.41) is 0. The number of halogens is 1. The van der Waals surface area contributed by atoms with E-state index in [4.69, 9.17) is 0 Å². The van der Waals surface area contributed by atoms with Crippen LogP contribution in [0.3, 0.4) is 0 Å². The van der Waals surface area contributed by atoms with Crippen LogP contribution in [0.2, 0.25) is 0 Å². The van der Waals surface area contributed by atoms with Crippen molar-refractivity contribution in [2.24, 2.45) is 5.92 Å². The lowest BCUT2D eigenvalue weighted by Crippen LogP contribution is -2.38. The quantitative estimate of drug-likeness (QED) is 0.829. The van der Waals surface area contributed by atoms with Crippen molar-refractivity contribution in [1.82, 2.24) is 4.31 Å². The average molecular weight is 271 g/mol. The van der Waals surface area contributed by atoms with E-state index in [0.717, 1.165) is 12.8 Å². The lowest BCUT2D eigenvalue weighted by molar-refractivity contribution is 0.288. The van der Waals surface area contributed by atoms with Crippen LogP contribution >= 0.6 is 0 Å². The molecule has 1 aromatic carbocycles. The topological polar surface area (TPSA) is 37.4 Å². The summed E-state index contributed by atoms with van der Waals surface area (Å²) in [7, 11) is -3.47. The van der Waals surface area contributed by atoms with E-state index in [2.05, 4.69) is 6.92 Å². The van der Waals surface area contributed by atoms with E-state index in [1.807, 2.05) is 0 Å². The molecule has 5 heteroatoms. The summed E-state index contributed by atoms with van der Waals surface area (Å²) in [4.78, 5) is 0.221. The minimum absolute atomic E-state index is 0.221. The number of sulfonamides is 1. The van der Waals surface area contributed by atoms with Crippen molar-refractivity contribution < 1.29 is 12.8 Å². The molecule has 1 fully saturated rings. The first kappa shape index (κ1) is 13.5. The lowest BCUT2D eigenvalue weighted by atomic mass is 10.0. The van der Waals surface area contributed by atoms with Gasteiger partial charge in [0, 0.05) is 13.1 Å². The molecule has 18 heavy (non-hydrogen) atoms. The van der Waals surface area contributed by atoms with E-state index < -0.39 is 15.8 Å². The molecule has 0 bridgehead atoms. The molecule has 0 amide bonds. The molecular formula is C13H18FNO2S. The van der Waals surface area contributed by atoms with Crippen LogP contribution in [0.4, 0.5) is 4.39 Å². The summed E-state index contributed by atoms with van der Waals surface area (Å²) in [5.74, 6) is 0.171. The van der Waals surface area contributed by atoms with Crippen LogP contribution in [0, 0.1) is 18.7 Å². The highest BCUT2D eigenvalue weighted by Gasteiger charge is 2.29. The van der Waals surface area contributed by atoms with Gasteiger partial charge in [-0.25, -0.2) is 12.8 Å². The second-order valence-corrected chi connectivity index (χ2v) is 6.90. The molecule has 1 aliphatic heterocycles. The Balaban J connectivity index is 2.30. The van der Waals surface area contributed by atoms with Gasteiger partial charge in [0.25, 0.3) is 0 Å². The summed E-state index contributed by atoms with van der Waals surface area (Å²) in [5.41, 5.74) is 0.466. The first-order valence-electron chi connectivity index (χ1n) is 6.17. The largest absolute Gasteiger partial charge is 0.243 e. The predicted molar refractivity (Wildman–Crippen MR) is 68.3 cm³/mol. The third-order valence-electron chi connectivity index (χ3n) is 3.50. The van der Waals surface area contributed by atoms with Crippen molar-refractivity contribution in [2.45, 2.75) is 31.6 Å². The molecule has 1 saturated heterocycles. The molecule has 0 saturated carbocycles. The monoisotopic (exact) mass is 271 g/mol. The first-order chi connectivity index (χ1) is 8.41. The number of hydrogen-bond acceptors (Lipinski definition) is 2. The van der Waals surface area contributed by atoms with Crippen LogP contribution in [-0.4, -0.2) is 25.8 Å². The molecule has 2 rings (SSSR count). The summed E-state index contributed by atoms with van der Waals surface area (Å²) < 4.78 is 39.4. The van der Waals surface area contributed by atoms with Crippen molar-refractivity contribution in [3.05, 3.63) is 29.6 Å². The third kappa shape index (κ3) is 2.57. The van der Waals surface area contributed by atoms with Crippen LogP contribution < -0.4 is 0 Å². The van der Waals surface area contributed by atoms with E-state index in [9.17, 15) is 12.8 Å². The third-order valence-corrected chi connectivity index (χ3v) is 5.56. The Morgan fingerprint density at radius 1 is 1.28 bits per heavy atom.